The van der Waals surface area contributed by atoms with Gasteiger partial charge in [-0.25, -0.2) is 9.97 Å². The first-order chi connectivity index (χ1) is 8.29. The number of aryl methyl sites for hydroxylation is 2. The standard InChI is InChI=1S/C11H18N6/c1-3-17-8-13-7-10(17)6-12-5-4-11-14-9-16(2)15-11/h7-9,12H,3-6H2,1-2H3. The number of aromatic nitrogens is 5. The number of hydrogen-bond acceptors (Lipinski definition) is 4. The van der Waals surface area contributed by atoms with Gasteiger partial charge in [0.2, 0.25) is 0 Å². The summed E-state index contributed by atoms with van der Waals surface area (Å²) >= 11 is 0. The smallest absolute Gasteiger partial charge is 0.151 e. The highest BCUT2D eigenvalue weighted by atomic mass is 15.3. The average molecular weight is 234 g/mol. The number of nitrogens with zero attached hydrogens (tertiary/aromatic N) is 5. The lowest BCUT2D eigenvalue weighted by Gasteiger charge is -2.05. The highest BCUT2D eigenvalue weighted by Crippen LogP contribution is 1.98. The lowest BCUT2D eigenvalue weighted by molar-refractivity contribution is 0.618. The van der Waals surface area contributed by atoms with Gasteiger partial charge in [0.05, 0.1) is 12.0 Å². The molecule has 0 unspecified atom stereocenters. The molecule has 92 valence electrons. The fourth-order valence-electron chi connectivity index (χ4n) is 1.70. The largest absolute Gasteiger partial charge is 0.334 e. The molecule has 0 amide bonds. The summed E-state index contributed by atoms with van der Waals surface area (Å²) in [6, 6.07) is 0. The molecule has 2 heterocycles. The monoisotopic (exact) mass is 234 g/mol. The molecule has 0 saturated heterocycles. The van der Waals surface area contributed by atoms with Crippen molar-refractivity contribution < 1.29 is 0 Å². The van der Waals surface area contributed by atoms with Crippen molar-refractivity contribution in [2.45, 2.75) is 26.4 Å². The third kappa shape index (κ3) is 3.13. The van der Waals surface area contributed by atoms with E-state index in [1.165, 1.54) is 5.69 Å². The highest BCUT2D eigenvalue weighted by molar-refractivity contribution is 4.97. The summed E-state index contributed by atoms with van der Waals surface area (Å²) in [4.78, 5) is 8.31. The Morgan fingerprint density at radius 3 is 2.94 bits per heavy atom. The van der Waals surface area contributed by atoms with Gasteiger partial charge < -0.3 is 9.88 Å². The zero-order chi connectivity index (χ0) is 12.1. The first kappa shape index (κ1) is 11.8. The zero-order valence-corrected chi connectivity index (χ0v) is 10.3. The van der Waals surface area contributed by atoms with Crippen LogP contribution in [0.15, 0.2) is 18.9 Å². The highest BCUT2D eigenvalue weighted by Gasteiger charge is 2.01. The molecule has 6 nitrogen and oxygen atoms in total. The second-order valence-electron chi connectivity index (χ2n) is 3.93. The summed E-state index contributed by atoms with van der Waals surface area (Å²) in [5.74, 6) is 0.879. The van der Waals surface area contributed by atoms with E-state index in [1.54, 1.807) is 11.0 Å². The number of nitrogens with one attached hydrogen (secondary N) is 1. The molecule has 2 aromatic heterocycles. The van der Waals surface area contributed by atoms with Crippen molar-refractivity contribution in [1.29, 1.82) is 0 Å². The van der Waals surface area contributed by atoms with E-state index < -0.39 is 0 Å². The number of imidazole rings is 1. The minimum absolute atomic E-state index is 0.834. The molecule has 0 radical (unpaired) electrons. The Labute approximate surface area is 101 Å². The molecule has 0 bridgehead atoms. The van der Waals surface area contributed by atoms with Crippen molar-refractivity contribution in [3.05, 3.63) is 30.4 Å². The van der Waals surface area contributed by atoms with E-state index in [0.29, 0.717) is 0 Å². The van der Waals surface area contributed by atoms with Gasteiger partial charge in [0.1, 0.15) is 6.33 Å². The third-order valence-electron chi connectivity index (χ3n) is 2.62. The van der Waals surface area contributed by atoms with Crippen LogP contribution in [0.2, 0.25) is 0 Å². The van der Waals surface area contributed by atoms with Crippen LogP contribution in [-0.4, -0.2) is 30.9 Å². The second kappa shape index (κ2) is 5.58. The van der Waals surface area contributed by atoms with Gasteiger partial charge in [0.15, 0.2) is 5.82 Å². The lowest BCUT2D eigenvalue weighted by atomic mass is 10.4. The Hall–Kier alpha value is -1.69. The Morgan fingerprint density at radius 1 is 1.35 bits per heavy atom. The SMILES string of the molecule is CCn1cncc1CNCCc1ncn(C)n1. The average Bonchev–Trinajstić information content (AvgIpc) is 2.93. The minimum Gasteiger partial charge on any atom is -0.334 e. The lowest BCUT2D eigenvalue weighted by Crippen LogP contribution is -2.19. The van der Waals surface area contributed by atoms with Crippen molar-refractivity contribution in [1.82, 2.24) is 29.6 Å². The van der Waals surface area contributed by atoms with Crippen molar-refractivity contribution in [2.24, 2.45) is 7.05 Å². The molecule has 1 N–H and O–H groups in total. The molecule has 0 atom stereocenters. The summed E-state index contributed by atoms with van der Waals surface area (Å²) < 4.78 is 3.85. The molecule has 0 aliphatic rings. The van der Waals surface area contributed by atoms with E-state index in [0.717, 1.165) is 31.9 Å². The molecule has 0 saturated carbocycles. The maximum atomic E-state index is 4.23. The Bertz CT molecular complexity index is 458. The Morgan fingerprint density at radius 2 is 2.24 bits per heavy atom. The number of rotatable bonds is 6. The van der Waals surface area contributed by atoms with E-state index >= 15 is 0 Å². The Balaban J connectivity index is 1.73. The van der Waals surface area contributed by atoms with Gasteiger partial charge in [0, 0.05) is 39.3 Å². The molecule has 0 aliphatic carbocycles. The molecule has 0 spiro atoms. The van der Waals surface area contributed by atoms with Crippen LogP contribution in [0.25, 0.3) is 0 Å². The first-order valence-electron chi connectivity index (χ1n) is 5.84. The van der Waals surface area contributed by atoms with E-state index in [1.807, 2.05) is 19.6 Å². The van der Waals surface area contributed by atoms with E-state index in [2.05, 4.69) is 31.9 Å². The Kier molecular flexibility index (Phi) is 3.87. The van der Waals surface area contributed by atoms with Crippen molar-refractivity contribution in [2.75, 3.05) is 6.54 Å². The fraction of sp³-hybridized carbons (Fsp3) is 0.545. The van der Waals surface area contributed by atoms with Crippen LogP contribution in [0, 0.1) is 0 Å². The molecule has 2 rings (SSSR count). The predicted molar refractivity (Wildman–Crippen MR) is 64.3 cm³/mol. The van der Waals surface area contributed by atoms with Crippen molar-refractivity contribution in [3.8, 4) is 0 Å². The molecule has 6 heteroatoms. The molecule has 17 heavy (non-hydrogen) atoms. The van der Waals surface area contributed by atoms with Gasteiger partial charge >= 0.3 is 0 Å². The summed E-state index contributed by atoms with van der Waals surface area (Å²) in [5, 5.41) is 7.60. The van der Waals surface area contributed by atoms with Crippen molar-refractivity contribution >= 4 is 0 Å². The van der Waals surface area contributed by atoms with Gasteiger partial charge in [-0.1, -0.05) is 0 Å². The van der Waals surface area contributed by atoms with Crippen LogP contribution >= 0.6 is 0 Å². The minimum atomic E-state index is 0.834. The normalized spacial score (nSPS) is 10.9. The molecule has 0 aliphatic heterocycles. The second-order valence-corrected chi connectivity index (χ2v) is 3.93. The fourth-order valence-corrected chi connectivity index (χ4v) is 1.70. The van der Waals surface area contributed by atoms with Gasteiger partial charge in [-0.05, 0) is 6.92 Å². The maximum Gasteiger partial charge on any atom is 0.151 e. The maximum absolute atomic E-state index is 4.23. The third-order valence-corrected chi connectivity index (χ3v) is 2.62. The molecular weight excluding hydrogens is 216 g/mol. The first-order valence-corrected chi connectivity index (χ1v) is 5.84. The van der Waals surface area contributed by atoms with Crippen LogP contribution in [0.4, 0.5) is 0 Å². The van der Waals surface area contributed by atoms with Crippen LogP contribution in [0.5, 0.6) is 0 Å². The summed E-state index contributed by atoms with van der Waals surface area (Å²) in [5.41, 5.74) is 1.21. The molecular formula is C11H18N6. The molecule has 0 aromatic carbocycles. The number of hydrogen-bond donors (Lipinski definition) is 1. The quantitative estimate of drug-likeness (QED) is 0.733. The van der Waals surface area contributed by atoms with Crippen molar-refractivity contribution in [3.63, 3.8) is 0 Å². The van der Waals surface area contributed by atoms with E-state index in [9.17, 15) is 0 Å². The zero-order valence-electron chi connectivity index (χ0n) is 10.3. The van der Waals surface area contributed by atoms with Crippen LogP contribution in [-0.2, 0) is 26.6 Å². The summed E-state index contributed by atoms with van der Waals surface area (Å²) in [6.45, 7) is 4.78. The topological polar surface area (TPSA) is 60.6 Å². The van der Waals surface area contributed by atoms with E-state index in [4.69, 9.17) is 0 Å². The van der Waals surface area contributed by atoms with Crippen LogP contribution in [0.3, 0.4) is 0 Å². The van der Waals surface area contributed by atoms with E-state index in [-0.39, 0.29) is 0 Å². The van der Waals surface area contributed by atoms with Crippen LogP contribution < -0.4 is 5.32 Å². The predicted octanol–water partition coefficient (Wildman–Crippen LogP) is 0.364. The van der Waals surface area contributed by atoms with Gasteiger partial charge in [0.25, 0.3) is 0 Å². The van der Waals surface area contributed by atoms with Crippen LogP contribution in [0.1, 0.15) is 18.4 Å². The molecule has 2 aromatic rings. The van der Waals surface area contributed by atoms with Gasteiger partial charge in [-0.2, -0.15) is 5.10 Å². The molecule has 0 fully saturated rings. The summed E-state index contributed by atoms with van der Waals surface area (Å²) in [7, 11) is 1.88. The van der Waals surface area contributed by atoms with Gasteiger partial charge in [-0.3, -0.25) is 4.68 Å². The van der Waals surface area contributed by atoms with Gasteiger partial charge in [-0.15, -0.1) is 0 Å². The summed E-state index contributed by atoms with van der Waals surface area (Å²) in [6.07, 6.45) is 6.33.